The Labute approximate surface area is 138 Å². The van der Waals surface area contributed by atoms with E-state index < -0.39 is 0 Å². The van der Waals surface area contributed by atoms with Gasteiger partial charge in [-0.2, -0.15) is 5.10 Å². The van der Waals surface area contributed by atoms with Crippen molar-refractivity contribution in [3.8, 4) is 11.5 Å². The maximum atomic E-state index is 5.92. The van der Waals surface area contributed by atoms with Crippen LogP contribution in [0.15, 0.2) is 53.6 Å². The molecule has 1 N–H and O–H groups in total. The monoisotopic (exact) mass is 312 g/mol. The quantitative estimate of drug-likeness (QED) is 0.414. The maximum Gasteiger partial charge on any atom is 0.169 e. The molecule has 4 nitrogen and oxygen atoms in total. The number of benzene rings is 2. The topological polar surface area (TPSA) is 42.8 Å². The van der Waals surface area contributed by atoms with Gasteiger partial charge in [-0.3, -0.25) is 5.43 Å². The van der Waals surface area contributed by atoms with Crippen molar-refractivity contribution in [2.24, 2.45) is 5.10 Å². The molecule has 0 aliphatic carbocycles. The van der Waals surface area contributed by atoms with Crippen molar-refractivity contribution < 1.29 is 9.47 Å². The van der Waals surface area contributed by atoms with Gasteiger partial charge >= 0.3 is 0 Å². The van der Waals surface area contributed by atoms with Crippen molar-refractivity contribution in [1.82, 2.24) is 0 Å². The number of rotatable bonds is 9. The molecule has 2 aromatic rings. The van der Waals surface area contributed by atoms with Crippen LogP contribution in [0.3, 0.4) is 0 Å². The maximum absolute atomic E-state index is 5.92. The van der Waals surface area contributed by atoms with Crippen molar-refractivity contribution in [2.75, 3.05) is 19.1 Å². The zero-order valence-corrected chi connectivity index (χ0v) is 13.8. The van der Waals surface area contributed by atoms with Gasteiger partial charge in [0.1, 0.15) is 0 Å². The summed E-state index contributed by atoms with van der Waals surface area (Å²) < 4.78 is 11.3. The minimum absolute atomic E-state index is 0.682. The fourth-order valence-electron chi connectivity index (χ4n) is 2.17. The highest BCUT2D eigenvalue weighted by Crippen LogP contribution is 2.30. The largest absolute Gasteiger partial charge is 0.493 e. The third kappa shape index (κ3) is 5.33. The van der Waals surface area contributed by atoms with Crippen molar-refractivity contribution in [3.63, 3.8) is 0 Å². The number of para-hydroxylation sites is 2. The van der Waals surface area contributed by atoms with E-state index in [1.54, 1.807) is 13.3 Å². The molecule has 0 aliphatic heterocycles. The van der Waals surface area contributed by atoms with Crippen LogP contribution in [0.1, 0.15) is 31.7 Å². The summed E-state index contributed by atoms with van der Waals surface area (Å²) in [7, 11) is 1.65. The third-order valence-corrected chi connectivity index (χ3v) is 3.39. The minimum Gasteiger partial charge on any atom is -0.493 e. The summed E-state index contributed by atoms with van der Waals surface area (Å²) in [6, 6.07) is 15.6. The first-order valence-electron chi connectivity index (χ1n) is 7.99. The van der Waals surface area contributed by atoms with E-state index in [0.29, 0.717) is 6.61 Å². The smallest absolute Gasteiger partial charge is 0.169 e. The normalized spacial score (nSPS) is 10.7. The number of ether oxygens (including phenoxy) is 2. The third-order valence-electron chi connectivity index (χ3n) is 3.39. The highest BCUT2D eigenvalue weighted by molar-refractivity contribution is 5.85. The van der Waals surface area contributed by atoms with Gasteiger partial charge in [0.05, 0.1) is 25.6 Å². The summed E-state index contributed by atoms with van der Waals surface area (Å²) in [5, 5.41) is 4.28. The van der Waals surface area contributed by atoms with Gasteiger partial charge in [0.15, 0.2) is 11.5 Å². The zero-order chi connectivity index (χ0) is 16.3. The molecule has 2 rings (SSSR count). The second-order valence-corrected chi connectivity index (χ2v) is 5.17. The summed E-state index contributed by atoms with van der Waals surface area (Å²) in [6.45, 7) is 2.86. The molecule has 0 saturated heterocycles. The molecular weight excluding hydrogens is 288 g/mol. The van der Waals surface area contributed by atoms with Crippen LogP contribution in [0.2, 0.25) is 0 Å². The summed E-state index contributed by atoms with van der Waals surface area (Å²) in [4.78, 5) is 0. The predicted molar refractivity (Wildman–Crippen MR) is 95.7 cm³/mol. The Balaban J connectivity index is 2.07. The van der Waals surface area contributed by atoms with E-state index in [-0.39, 0.29) is 0 Å². The van der Waals surface area contributed by atoms with E-state index >= 15 is 0 Å². The first-order chi connectivity index (χ1) is 11.3. The molecule has 0 aliphatic rings. The van der Waals surface area contributed by atoms with Crippen LogP contribution in [0, 0.1) is 0 Å². The summed E-state index contributed by atoms with van der Waals surface area (Å²) in [5.41, 5.74) is 4.84. The van der Waals surface area contributed by atoms with Crippen molar-refractivity contribution in [1.29, 1.82) is 0 Å². The Morgan fingerprint density at radius 1 is 1.04 bits per heavy atom. The summed E-state index contributed by atoms with van der Waals surface area (Å²) in [5.74, 6) is 1.47. The molecule has 23 heavy (non-hydrogen) atoms. The Kier molecular flexibility index (Phi) is 6.98. The second kappa shape index (κ2) is 9.51. The molecule has 0 unspecified atom stereocenters. The van der Waals surface area contributed by atoms with E-state index in [9.17, 15) is 0 Å². The van der Waals surface area contributed by atoms with E-state index in [0.717, 1.165) is 35.6 Å². The molecule has 0 aromatic heterocycles. The van der Waals surface area contributed by atoms with Crippen LogP contribution >= 0.6 is 0 Å². The molecule has 0 spiro atoms. The number of hydrogen-bond acceptors (Lipinski definition) is 4. The van der Waals surface area contributed by atoms with E-state index in [1.807, 2.05) is 48.5 Å². The highest BCUT2D eigenvalue weighted by Gasteiger charge is 2.09. The van der Waals surface area contributed by atoms with E-state index in [2.05, 4.69) is 17.5 Å². The average Bonchev–Trinajstić information content (AvgIpc) is 2.60. The van der Waals surface area contributed by atoms with Crippen LogP contribution in [-0.4, -0.2) is 19.9 Å². The zero-order valence-electron chi connectivity index (χ0n) is 13.8. The number of methoxy groups -OCH3 is 1. The van der Waals surface area contributed by atoms with Gasteiger partial charge in [-0.05, 0) is 30.7 Å². The second-order valence-electron chi connectivity index (χ2n) is 5.17. The van der Waals surface area contributed by atoms with Gasteiger partial charge in [0, 0.05) is 5.56 Å². The first-order valence-corrected chi connectivity index (χ1v) is 7.99. The van der Waals surface area contributed by atoms with Crippen LogP contribution in [0.5, 0.6) is 11.5 Å². The molecule has 0 fully saturated rings. The fourth-order valence-corrected chi connectivity index (χ4v) is 2.17. The number of nitrogens with one attached hydrogen (secondary N) is 1. The number of hydrazone groups is 1. The van der Waals surface area contributed by atoms with E-state index in [4.69, 9.17) is 9.47 Å². The molecule has 0 amide bonds. The van der Waals surface area contributed by atoms with Gasteiger partial charge in [0.25, 0.3) is 0 Å². The molecule has 0 atom stereocenters. The van der Waals surface area contributed by atoms with Crippen LogP contribution in [-0.2, 0) is 0 Å². The van der Waals surface area contributed by atoms with E-state index in [1.165, 1.54) is 6.42 Å². The number of hydrogen-bond donors (Lipinski definition) is 1. The number of anilines is 1. The standard InChI is InChI=1S/C19H24N2O2/c1-3-4-8-14-23-19-16(10-9-13-18(19)22-2)15-20-21-17-11-6-5-7-12-17/h5-7,9-13,15,21H,3-4,8,14H2,1-2H3. The molecule has 4 heteroatoms. The van der Waals surface area contributed by atoms with Gasteiger partial charge in [-0.1, -0.05) is 44.0 Å². The van der Waals surface area contributed by atoms with Crippen LogP contribution in [0.4, 0.5) is 5.69 Å². The van der Waals surface area contributed by atoms with Gasteiger partial charge in [0.2, 0.25) is 0 Å². The first kappa shape index (κ1) is 16.9. The molecule has 2 aromatic carbocycles. The Morgan fingerprint density at radius 2 is 1.87 bits per heavy atom. The molecule has 0 saturated carbocycles. The predicted octanol–water partition coefficient (Wildman–Crippen LogP) is 4.71. The Hall–Kier alpha value is -2.49. The lowest BCUT2D eigenvalue weighted by Crippen LogP contribution is -2.02. The summed E-state index contributed by atoms with van der Waals surface area (Å²) in [6.07, 6.45) is 5.12. The SMILES string of the molecule is CCCCCOc1c(C=NNc2ccccc2)cccc1OC. The minimum atomic E-state index is 0.682. The fraction of sp³-hybridized carbons (Fsp3) is 0.316. The van der Waals surface area contributed by atoms with Crippen molar-refractivity contribution in [3.05, 3.63) is 54.1 Å². The number of nitrogens with zero attached hydrogens (tertiary/aromatic N) is 1. The molecule has 0 heterocycles. The highest BCUT2D eigenvalue weighted by atomic mass is 16.5. The molecule has 0 radical (unpaired) electrons. The molecular formula is C19H24N2O2. The molecule has 0 bridgehead atoms. The lowest BCUT2D eigenvalue weighted by atomic mass is 10.2. The van der Waals surface area contributed by atoms with Gasteiger partial charge in [-0.25, -0.2) is 0 Å². The lowest BCUT2D eigenvalue weighted by Gasteiger charge is -2.13. The van der Waals surface area contributed by atoms with Crippen molar-refractivity contribution in [2.45, 2.75) is 26.2 Å². The van der Waals surface area contributed by atoms with Crippen molar-refractivity contribution >= 4 is 11.9 Å². The van der Waals surface area contributed by atoms with Gasteiger partial charge in [-0.15, -0.1) is 0 Å². The Bertz CT molecular complexity index is 612. The van der Waals surface area contributed by atoms with Gasteiger partial charge < -0.3 is 9.47 Å². The van der Waals surface area contributed by atoms with Crippen LogP contribution < -0.4 is 14.9 Å². The number of unbranched alkanes of at least 4 members (excludes halogenated alkanes) is 2. The Morgan fingerprint density at radius 3 is 2.61 bits per heavy atom. The average molecular weight is 312 g/mol. The van der Waals surface area contributed by atoms with Crippen LogP contribution in [0.25, 0.3) is 0 Å². The lowest BCUT2D eigenvalue weighted by molar-refractivity contribution is 0.285. The summed E-state index contributed by atoms with van der Waals surface area (Å²) >= 11 is 0. The molecule has 122 valence electrons.